The molecule has 0 unspecified atom stereocenters. The molecule has 0 radical (unpaired) electrons. The van der Waals surface area contributed by atoms with Crippen LogP contribution in [0, 0.1) is 0 Å². The predicted molar refractivity (Wildman–Crippen MR) is 108 cm³/mol. The normalized spacial score (nSPS) is 11.4. The summed E-state index contributed by atoms with van der Waals surface area (Å²) in [5, 5.41) is 2.67. The average molecular weight is 414 g/mol. The van der Waals surface area contributed by atoms with E-state index in [4.69, 9.17) is 9.15 Å². The number of hydrogen-bond donors (Lipinski definition) is 1. The lowest BCUT2D eigenvalue weighted by Crippen LogP contribution is -2.28. The highest BCUT2D eigenvalue weighted by Crippen LogP contribution is 2.20. The zero-order chi connectivity index (χ0) is 20.7. The maximum Gasteiger partial charge on any atom is 0.258 e. The molecule has 0 aliphatic rings. The van der Waals surface area contributed by atoms with Crippen LogP contribution in [0.4, 0.5) is 0 Å². The van der Waals surface area contributed by atoms with Crippen molar-refractivity contribution in [2.75, 3.05) is 13.7 Å². The van der Waals surface area contributed by atoms with Crippen molar-refractivity contribution in [3.63, 3.8) is 0 Å². The maximum absolute atomic E-state index is 12.7. The van der Waals surface area contributed by atoms with E-state index in [0.29, 0.717) is 11.5 Å². The highest BCUT2D eigenvalue weighted by atomic mass is 32.2. The first kappa shape index (κ1) is 20.6. The summed E-state index contributed by atoms with van der Waals surface area (Å²) in [6.45, 7) is 0.373. The summed E-state index contributed by atoms with van der Waals surface area (Å²) >= 11 is 0. The Balaban J connectivity index is 1.53. The molecule has 2 aromatic carbocycles. The summed E-state index contributed by atoms with van der Waals surface area (Å²) in [7, 11) is -2.09. The van der Waals surface area contributed by atoms with E-state index in [9.17, 15) is 13.2 Å². The van der Waals surface area contributed by atoms with Gasteiger partial charge in [0.25, 0.3) is 5.91 Å². The second kappa shape index (κ2) is 9.40. The van der Waals surface area contributed by atoms with E-state index >= 15 is 0 Å². The minimum absolute atomic E-state index is 0.158. The van der Waals surface area contributed by atoms with E-state index < -0.39 is 10.0 Å². The van der Waals surface area contributed by atoms with Gasteiger partial charge in [0.05, 0.1) is 17.7 Å². The van der Waals surface area contributed by atoms with Crippen molar-refractivity contribution in [1.82, 2.24) is 9.62 Å². The number of ether oxygens (including phenoxy) is 1. The first-order chi connectivity index (χ1) is 13.9. The third-order valence-electron chi connectivity index (χ3n) is 4.19. The molecular formula is C21H22N2O5S. The number of amides is 1. The van der Waals surface area contributed by atoms with E-state index in [-0.39, 0.29) is 30.5 Å². The van der Waals surface area contributed by atoms with Crippen molar-refractivity contribution in [3.8, 4) is 5.75 Å². The van der Waals surface area contributed by atoms with E-state index in [1.807, 2.05) is 30.3 Å². The molecule has 1 aromatic heterocycles. The minimum atomic E-state index is -3.63. The van der Waals surface area contributed by atoms with Gasteiger partial charge in [-0.1, -0.05) is 30.3 Å². The van der Waals surface area contributed by atoms with E-state index in [1.165, 1.54) is 41.9 Å². The third kappa shape index (κ3) is 5.69. The van der Waals surface area contributed by atoms with Crippen LogP contribution < -0.4 is 10.1 Å². The fourth-order valence-electron chi connectivity index (χ4n) is 2.61. The van der Waals surface area contributed by atoms with Gasteiger partial charge in [-0.15, -0.1) is 0 Å². The SMILES string of the molecule is CN(Cc1ccccc1)S(=O)(=O)c1ccc(OCC(=O)NCc2ccco2)cc1. The maximum atomic E-state index is 12.7. The van der Waals surface area contributed by atoms with Crippen LogP contribution in [0.2, 0.25) is 0 Å². The second-order valence-corrected chi connectivity index (χ2v) is 8.41. The van der Waals surface area contributed by atoms with Crippen LogP contribution in [-0.2, 0) is 27.9 Å². The van der Waals surface area contributed by atoms with Gasteiger partial charge in [0.1, 0.15) is 11.5 Å². The van der Waals surface area contributed by atoms with Gasteiger partial charge in [-0.3, -0.25) is 4.79 Å². The molecule has 1 amide bonds. The Hall–Kier alpha value is -3.10. The van der Waals surface area contributed by atoms with E-state index in [2.05, 4.69) is 5.32 Å². The molecule has 152 valence electrons. The molecule has 7 nitrogen and oxygen atoms in total. The Bertz CT molecular complexity index is 1020. The molecule has 1 heterocycles. The van der Waals surface area contributed by atoms with Gasteiger partial charge in [-0.2, -0.15) is 4.31 Å². The molecule has 0 saturated heterocycles. The largest absolute Gasteiger partial charge is 0.484 e. The third-order valence-corrected chi connectivity index (χ3v) is 6.01. The summed E-state index contributed by atoms with van der Waals surface area (Å²) in [6, 6.07) is 18.9. The quantitative estimate of drug-likeness (QED) is 0.582. The lowest BCUT2D eigenvalue weighted by atomic mass is 10.2. The Morgan fingerprint density at radius 1 is 1.03 bits per heavy atom. The summed E-state index contributed by atoms with van der Waals surface area (Å²) in [4.78, 5) is 12.0. The van der Waals surface area contributed by atoms with Gasteiger partial charge in [0, 0.05) is 13.6 Å². The number of furan rings is 1. The molecule has 1 N–H and O–H groups in total. The zero-order valence-electron chi connectivity index (χ0n) is 15.9. The van der Waals surface area contributed by atoms with Crippen LogP contribution in [0.1, 0.15) is 11.3 Å². The van der Waals surface area contributed by atoms with Crippen LogP contribution in [0.25, 0.3) is 0 Å². The fourth-order valence-corrected chi connectivity index (χ4v) is 3.77. The molecule has 0 aliphatic heterocycles. The van der Waals surface area contributed by atoms with Gasteiger partial charge in [-0.25, -0.2) is 8.42 Å². The Morgan fingerprint density at radius 3 is 2.41 bits per heavy atom. The van der Waals surface area contributed by atoms with Gasteiger partial charge >= 0.3 is 0 Å². The van der Waals surface area contributed by atoms with Crippen LogP contribution >= 0.6 is 0 Å². The van der Waals surface area contributed by atoms with Gasteiger partial charge in [0.15, 0.2) is 6.61 Å². The molecule has 0 saturated carbocycles. The first-order valence-electron chi connectivity index (χ1n) is 8.97. The van der Waals surface area contributed by atoms with Crippen molar-refractivity contribution in [2.24, 2.45) is 0 Å². The molecule has 3 rings (SSSR count). The molecule has 3 aromatic rings. The van der Waals surface area contributed by atoms with Crippen molar-refractivity contribution in [2.45, 2.75) is 18.0 Å². The number of hydrogen-bond acceptors (Lipinski definition) is 5. The van der Waals surface area contributed by atoms with Gasteiger partial charge in [0.2, 0.25) is 10.0 Å². The standard InChI is InChI=1S/C21H22N2O5S/c1-23(15-17-6-3-2-4-7-17)29(25,26)20-11-9-18(10-12-20)28-16-21(24)22-14-19-8-5-13-27-19/h2-13H,14-16H2,1H3,(H,22,24). The Morgan fingerprint density at radius 2 is 1.76 bits per heavy atom. The number of nitrogens with one attached hydrogen (secondary N) is 1. The van der Waals surface area contributed by atoms with Crippen LogP contribution in [-0.4, -0.2) is 32.3 Å². The topological polar surface area (TPSA) is 88.8 Å². The minimum Gasteiger partial charge on any atom is -0.484 e. The van der Waals surface area contributed by atoms with Crippen molar-refractivity contribution < 1.29 is 22.4 Å². The van der Waals surface area contributed by atoms with Crippen molar-refractivity contribution in [1.29, 1.82) is 0 Å². The van der Waals surface area contributed by atoms with E-state index in [1.54, 1.807) is 12.1 Å². The molecule has 0 aliphatic carbocycles. The van der Waals surface area contributed by atoms with Crippen LogP contribution in [0.5, 0.6) is 5.75 Å². The molecule has 29 heavy (non-hydrogen) atoms. The van der Waals surface area contributed by atoms with Crippen LogP contribution in [0.3, 0.4) is 0 Å². The number of benzene rings is 2. The smallest absolute Gasteiger partial charge is 0.258 e. The summed E-state index contributed by atoms with van der Waals surface area (Å²) in [6.07, 6.45) is 1.53. The zero-order valence-corrected chi connectivity index (χ0v) is 16.8. The number of rotatable bonds is 9. The monoisotopic (exact) mass is 414 g/mol. The number of carbonyl (C=O) groups excluding carboxylic acids is 1. The Labute approximate surface area is 170 Å². The highest BCUT2D eigenvalue weighted by Gasteiger charge is 2.21. The molecule has 8 heteroatoms. The summed E-state index contributed by atoms with van der Waals surface area (Å²) in [5.74, 6) is 0.746. The number of carbonyl (C=O) groups is 1. The number of sulfonamides is 1. The first-order valence-corrected chi connectivity index (χ1v) is 10.4. The summed E-state index contributed by atoms with van der Waals surface area (Å²) < 4.78 is 37.3. The average Bonchev–Trinajstić information content (AvgIpc) is 3.25. The van der Waals surface area contributed by atoms with Crippen molar-refractivity contribution in [3.05, 3.63) is 84.3 Å². The molecule has 0 spiro atoms. The lowest BCUT2D eigenvalue weighted by Gasteiger charge is -2.17. The molecule has 0 bridgehead atoms. The molecule has 0 fully saturated rings. The van der Waals surface area contributed by atoms with E-state index in [0.717, 1.165) is 5.56 Å². The number of nitrogens with zero attached hydrogens (tertiary/aromatic N) is 1. The summed E-state index contributed by atoms with van der Waals surface area (Å²) in [5.41, 5.74) is 0.902. The predicted octanol–water partition coefficient (Wildman–Crippen LogP) is 2.80. The molecular weight excluding hydrogens is 392 g/mol. The van der Waals surface area contributed by atoms with Crippen LogP contribution in [0.15, 0.2) is 82.3 Å². The Kier molecular flexibility index (Phi) is 6.69. The van der Waals surface area contributed by atoms with Crippen molar-refractivity contribution >= 4 is 15.9 Å². The molecule has 0 atom stereocenters. The second-order valence-electron chi connectivity index (χ2n) is 6.36. The van der Waals surface area contributed by atoms with Gasteiger partial charge < -0.3 is 14.5 Å². The fraction of sp³-hybridized carbons (Fsp3) is 0.190. The lowest BCUT2D eigenvalue weighted by molar-refractivity contribution is -0.123. The van der Waals surface area contributed by atoms with Gasteiger partial charge in [-0.05, 0) is 42.0 Å². The highest BCUT2D eigenvalue weighted by molar-refractivity contribution is 7.89.